The van der Waals surface area contributed by atoms with Crippen LogP contribution in [0.3, 0.4) is 0 Å². The van der Waals surface area contributed by atoms with Crippen LogP contribution in [0.5, 0.6) is 0 Å². The Kier molecular flexibility index (Phi) is 5.85. The number of amides is 1. The van der Waals surface area contributed by atoms with Crippen molar-refractivity contribution in [3.8, 4) is 0 Å². The number of hydrogen-bond acceptors (Lipinski definition) is 2. The highest BCUT2D eigenvalue weighted by molar-refractivity contribution is 5.92. The van der Waals surface area contributed by atoms with Gasteiger partial charge in [-0.2, -0.15) is 13.2 Å². The Morgan fingerprint density at radius 2 is 1.84 bits per heavy atom. The lowest BCUT2D eigenvalue weighted by Gasteiger charge is -2.18. The Morgan fingerprint density at radius 1 is 1.12 bits per heavy atom. The summed E-state index contributed by atoms with van der Waals surface area (Å²) in [5, 5.41) is 2.83. The van der Waals surface area contributed by atoms with Crippen molar-refractivity contribution in [2.45, 2.75) is 26.6 Å². The number of alkyl halides is 3. The van der Waals surface area contributed by atoms with Crippen molar-refractivity contribution in [2.24, 2.45) is 0 Å². The topological polar surface area (TPSA) is 32.3 Å². The third-order valence-electron chi connectivity index (χ3n) is 3.78. The van der Waals surface area contributed by atoms with E-state index in [1.165, 1.54) is 6.07 Å². The number of anilines is 1. The molecule has 0 aliphatic rings. The summed E-state index contributed by atoms with van der Waals surface area (Å²) in [4.78, 5) is 13.8. The van der Waals surface area contributed by atoms with Crippen LogP contribution in [-0.4, -0.2) is 24.4 Å². The maximum atomic E-state index is 12.7. The lowest BCUT2D eigenvalue weighted by atomic mass is 10.1. The second kappa shape index (κ2) is 7.70. The minimum Gasteiger partial charge on any atom is -0.325 e. The zero-order valence-corrected chi connectivity index (χ0v) is 14.4. The van der Waals surface area contributed by atoms with Crippen molar-refractivity contribution in [1.29, 1.82) is 0 Å². The van der Waals surface area contributed by atoms with Crippen LogP contribution in [-0.2, 0) is 17.5 Å². The molecule has 6 heteroatoms. The van der Waals surface area contributed by atoms with Gasteiger partial charge in [-0.3, -0.25) is 9.69 Å². The monoisotopic (exact) mass is 350 g/mol. The first-order valence-corrected chi connectivity index (χ1v) is 7.87. The molecule has 0 saturated heterocycles. The van der Waals surface area contributed by atoms with Gasteiger partial charge >= 0.3 is 6.18 Å². The van der Waals surface area contributed by atoms with E-state index in [-0.39, 0.29) is 19.0 Å². The SMILES string of the molecule is Cc1ccc(NC(=O)CN(C)Cc2cccc(C(F)(F)F)c2)c(C)c1. The molecule has 0 aliphatic heterocycles. The zero-order chi connectivity index (χ0) is 18.6. The minimum absolute atomic E-state index is 0.0869. The molecule has 2 aromatic rings. The fraction of sp³-hybridized carbons (Fsp3) is 0.316. The number of rotatable bonds is 5. The number of halogens is 3. The van der Waals surface area contributed by atoms with E-state index in [0.717, 1.165) is 28.9 Å². The second-order valence-corrected chi connectivity index (χ2v) is 6.24. The van der Waals surface area contributed by atoms with Crippen LogP contribution in [0.4, 0.5) is 18.9 Å². The Bertz CT molecular complexity index is 757. The van der Waals surface area contributed by atoms with Gasteiger partial charge in [0.2, 0.25) is 5.91 Å². The quantitative estimate of drug-likeness (QED) is 0.867. The number of carbonyl (C=O) groups excluding carboxylic acids is 1. The van der Waals surface area contributed by atoms with Crippen LogP contribution < -0.4 is 5.32 Å². The number of nitrogens with zero attached hydrogens (tertiary/aromatic N) is 1. The third-order valence-corrected chi connectivity index (χ3v) is 3.78. The highest BCUT2D eigenvalue weighted by Gasteiger charge is 2.30. The van der Waals surface area contributed by atoms with Crippen molar-refractivity contribution >= 4 is 11.6 Å². The maximum Gasteiger partial charge on any atom is 0.416 e. The van der Waals surface area contributed by atoms with Gasteiger partial charge in [-0.15, -0.1) is 0 Å². The van der Waals surface area contributed by atoms with Crippen molar-refractivity contribution < 1.29 is 18.0 Å². The van der Waals surface area contributed by atoms with E-state index >= 15 is 0 Å². The van der Waals surface area contributed by atoms with Gasteiger partial charge in [0.1, 0.15) is 0 Å². The molecule has 0 fully saturated rings. The average Bonchev–Trinajstić information content (AvgIpc) is 2.49. The lowest BCUT2D eigenvalue weighted by Crippen LogP contribution is -2.30. The molecule has 2 rings (SSSR count). The molecule has 0 spiro atoms. The highest BCUT2D eigenvalue weighted by atomic mass is 19.4. The summed E-state index contributed by atoms with van der Waals surface area (Å²) in [6.07, 6.45) is -4.37. The molecular formula is C19H21F3N2O. The summed E-state index contributed by atoms with van der Waals surface area (Å²) >= 11 is 0. The van der Waals surface area contributed by atoms with Crippen molar-refractivity contribution in [1.82, 2.24) is 4.90 Å². The number of likely N-dealkylation sites (N-methyl/N-ethyl adjacent to an activating group) is 1. The van der Waals surface area contributed by atoms with Crippen molar-refractivity contribution in [3.63, 3.8) is 0 Å². The molecule has 3 nitrogen and oxygen atoms in total. The molecule has 0 aromatic heterocycles. The summed E-state index contributed by atoms with van der Waals surface area (Å²) in [7, 11) is 1.70. The zero-order valence-electron chi connectivity index (χ0n) is 14.4. The van der Waals surface area contributed by atoms with E-state index < -0.39 is 11.7 Å². The Hall–Kier alpha value is -2.34. The van der Waals surface area contributed by atoms with Gasteiger partial charge in [0.15, 0.2) is 0 Å². The first kappa shape index (κ1) is 19.0. The van der Waals surface area contributed by atoms with Crippen LogP contribution in [0.15, 0.2) is 42.5 Å². The first-order valence-electron chi connectivity index (χ1n) is 7.87. The van der Waals surface area contributed by atoms with Gasteiger partial charge in [-0.25, -0.2) is 0 Å². The normalized spacial score (nSPS) is 11.6. The standard InChI is InChI=1S/C19H21F3N2O/c1-13-7-8-17(14(2)9-13)23-18(25)12-24(3)11-15-5-4-6-16(10-15)19(20,21)22/h4-10H,11-12H2,1-3H3,(H,23,25). The minimum atomic E-state index is -4.37. The van der Waals surface area contributed by atoms with E-state index in [0.29, 0.717) is 5.56 Å². The predicted octanol–water partition coefficient (Wildman–Crippen LogP) is 4.39. The Morgan fingerprint density at radius 3 is 2.48 bits per heavy atom. The lowest BCUT2D eigenvalue weighted by molar-refractivity contribution is -0.137. The van der Waals surface area contributed by atoms with Crippen molar-refractivity contribution in [2.75, 3.05) is 18.9 Å². The second-order valence-electron chi connectivity index (χ2n) is 6.24. The van der Waals surface area contributed by atoms with E-state index in [1.54, 1.807) is 18.0 Å². The van der Waals surface area contributed by atoms with Crippen molar-refractivity contribution in [3.05, 3.63) is 64.7 Å². The molecule has 1 N–H and O–H groups in total. The van der Waals surface area contributed by atoms with Gasteiger partial charge in [0, 0.05) is 12.2 Å². The van der Waals surface area contributed by atoms with Crippen LogP contribution in [0, 0.1) is 13.8 Å². The third kappa shape index (κ3) is 5.60. The highest BCUT2D eigenvalue weighted by Crippen LogP contribution is 2.29. The van der Waals surface area contributed by atoms with Crippen LogP contribution in [0.1, 0.15) is 22.3 Å². The van der Waals surface area contributed by atoms with E-state index in [4.69, 9.17) is 0 Å². The van der Waals surface area contributed by atoms with Gasteiger partial charge in [0.05, 0.1) is 12.1 Å². The fourth-order valence-electron chi connectivity index (χ4n) is 2.60. The number of aryl methyl sites for hydroxylation is 2. The molecule has 0 aliphatic carbocycles. The first-order chi connectivity index (χ1) is 11.6. The maximum absolute atomic E-state index is 12.7. The largest absolute Gasteiger partial charge is 0.416 e. The average molecular weight is 350 g/mol. The molecule has 0 radical (unpaired) electrons. The summed E-state index contributed by atoms with van der Waals surface area (Å²) < 4.78 is 38.2. The number of benzene rings is 2. The molecule has 0 atom stereocenters. The Labute approximate surface area is 145 Å². The summed E-state index contributed by atoms with van der Waals surface area (Å²) in [5.41, 5.74) is 2.64. The molecule has 0 saturated carbocycles. The summed E-state index contributed by atoms with van der Waals surface area (Å²) in [5.74, 6) is -0.207. The van der Waals surface area contributed by atoms with Crippen LogP contribution in [0.2, 0.25) is 0 Å². The molecule has 0 bridgehead atoms. The van der Waals surface area contributed by atoms with Gasteiger partial charge < -0.3 is 5.32 Å². The molecular weight excluding hydrogens is 329 g/mol. The predicted molar refractivity (Wildman–Crippen MR) is 92.3 cm³/mol. The molecule has 0 unspecified atom stereocenters. The van der Waals surface area contributed by atoms with Gasteiger partial charge in [-0.05, 0) is 44.2 Å². The fourth-order valence-corrected chi connectivity index (χ4v) is 2.60. The smallest absolute Gasteiger partial charge is 0.325 e. The molecule has 0 heterocycles. The van der Waals surface area contributed by atoms with Crippen LogP contribution in [0.25, 0.3) is 0 Å². The Balaban J connectivity index is 1.95. The summed E-state index contributed by atoms with van der Waals surface area (Å²) in [6.45, 7) is 4.23. The molecule has 134 valence electrons. The molecule has 2 aromatic carbocycles. The van der Waals surface area contributed by atoms with Gasteiger partial charge in [-0.1, -0.05) is 35.9 Å². The van der Waals surface area contributed by atoms with Crippen LogP contribution >= 0.6 is 0 Å². The van der Waals surface area contributed by atoms with Gasteiger partial charge in [0.25, 0.3) is 0 Å². The molecule has 1 amide bonds. The number of nitrogens with one attached hydrogen (secondary N) is 1. The van der Waals surface area contributed by atoms with E-state index in [2.05, 4.69) is 5.32 Å². The number of carbonyl (C=O) groups is 1. The van der Waals surface area contributed by atoms with E-state index in [9.17, 15) is 18.0 Å². The van der Waals surface area contributed by atoms with E-state index in [1.807, 2.05) is 32.0 Å². The summed E-state index contributed by atoms with van der Waals surface area (Å²) in [6, 6.07) is 10.9. The molecule has 25 heavy (non-hydrogen) atoms. The number of hydrogen-bond donors (Lipinski definition) is 1.